The van der Waals surface area contributed by atoms with Gasteiger partial charge in [0.1, 0.15) is 0 Å². The highest BCUT2D eigenvalue weighted by molar-refractivity contribution is 5.90. The first-order valence-electron chi connectivity index (χ1n) is 10.2. The Balaban J connectivity index is 1.61. The van der Waals surface area contributed by atoms with E-state index in [0.29, 0.717) is 13.0 Å². The van der Waals surface area contributed by atoms with Crippen LogP contribution in [0.25, 0.3) is 22.2 Å². The largest absolute Gasteiger partial charge is 0.352 e. The van der Waals surface area contributed by atoms with Gasteiger partial charge in [-0.05, 0) is 37.6 Å². The summed E-state index contributed by atoms with van der Waals surface area (Å²) < 4.78 is 0. The van der Waals surface area contributed by atoms with Crippen LogP contribution in [0.3, 0.4) is 0 Å². The zero-order chi connectivity index (χ0) is 20.2. The van der Waals surface area contributed by atoms with E-state index in [-0.39, 0.29) is 5.91 Å². The number of amides is 1. The number of carbonyl (C=O) groups excluding carboxylic acids is 1. The molecule has 0 atom stereocenters. The molecule has 0 spiro atoms. The molecule has 2 heterocycles. The van der Waals surface area contributed by atoms with Crippen molar-refractivity contribution in [1.82, 2.24) is 15.2 Å². The Kier molecular flexibility index (Phi) is 5.72. The van der Waals surface area contributed by atoms with Gasteiger partial charge in [-0.25, -0.2) is 4.98 Å². The Morgan fingerprint density at radius 3 is 2.62 bits per heavy atom. The van der Waals surface area contributed by atoms with E-state index in [1.165, 1.54) is 5.57 Å². The van der Waals surface area contributed by atoms with E-state index in [1.807, 2.05) is 36.4 Å². The number of fused-ring (bicyclic) bond motifs is 1. The molecule has 0 radical (unpaired) electrons. The van der Waals surface area contributed by atoms with Crippen molar-refractivity contribution >= 4 is 16.8 Å². The van der Waals surface area contributed by atoms with Crippen LogP contribution in [-0.4, -0.2) is 42.5 Å². The van der Waals surface area contributed by atoms with Crippen LogP contribution >= 0.6 is 0 Å². The topological polar surface area (TPSA) is 45.2 Å². The van der Waals surface area contributed by atoms with Crippen molar-refractivity contribution in [2.45, 2.75) is 19.8 Å². The first-order valence-corrected chi connectivity index (χ1v) is 10.2. The van der Waals surface area contributed by atoms with E-state index < -0.39 is 0 Å². The highest BCUT2D eigenvalue weighted by Gasteiger charge is 2.17. The Labute approximate surface area is 172 Å². The molecule has 4 heteroatoms. The van der Waals surface area contributed by atoms with Crippen molar-refractivity contribution in [3.63, 3.8) is 0 Å². The van der Waals surface area contributed by atoms with Crippen LogP contribution < -0.4 is 5.32 Å². The quantitative estimate of drug-likeness (QED) is 0.672. The zero-order valence-corrected chi connectivity index (χ0v) is 17.1. The summed E-state index contributed by atoms with van der Waals surface area (Å²) in [5.74, 6) is 0.0437. The average Bonchev–Trinajstić information content (AvgIpc) is 2.76. The second-order valence-electron chi connectivity index (χ2n) is 7.78. The molecular weight excluding hydrogens is 358 g/mol. The molecule has 148 valence electrons. The van der Waals surface area contributed by atoms with Crippen molar-refractivity contribution in [1.29, 1.82) is 0 Å². The van der Waals surface area contributed by atoms with E-state index in [1.54, 1.807) is 0 Å². The van der Waals surface area contributed by atoms with Crippen molar-refractivity contribution in [3.8, 4) is 11.3 Å². The van der Waals surface area contributed by atoms with Gasteiger partial charge in [0.15, 0.2) is 0 Å². The molecule has 1 N–H and O–H groups in total. The Hall–Kier alpha value is -2.98. The van der Waals surface area contributed by atoms with Crippen LogP contribution in [0, 0.1) is 6.92 Å². The molecule has 29 heavy (non-hydrogen) atoms. The van der Waals surface area contributed by atoms with E-state index in [4.69, 9.17) is 4.98 Å². The molecule has 1 aromatic heterocycles. The van der Waals surface area contributed by atoms with Gasteiger partial charge in [-0.15, -0.1) is 0 Å². The van der Waals surface area contributed by atoms with Crippen molar-refractivity contribution in [2.24, 2.45) is 0 Å². The fourth-order valence-electron chi connectivity index (χ4n) is 3.88. The minimum Gasteiger partial charge on any atom is -0.352 e. The van der Waals surface area contributed by atoms with Crippen LogP contribution in [-0.2, 0) is 11.2 Å². The number of likely N-dealkylation sites (N-methyl/N-ethyl adjacent to an activating group) is 1. The lowest BCUT2D eigenvalue weighted by molar-refractivity contribution is -0.120. The van der Waals surface area contributed by atoms with E-state index in [0.717, 1.165) is 52.8 Å². The number of carbonyl (C=O) groups is 1. The summed E-state index contributed by atoms with van der Waals surface area (Å²) >= 11 is 0. The molecule has 3 aromatic rings. The first kappa shape index (κ1) is 19.3. The van der Waals surface area contributed by atoms with Gasteiger partial charge in [0, 0.05) is 30.6 Å². The van der Waals surface area contributed by atoms with E-state index >= 15 is 0 Å². The van der Waals surface area contributed by atoms with Gasteiger partial charge in [0.25, 0.3) is 0 Å². The number of aryl methyl sites for hydroxylation is 1. The van der Waals surface area contributed by atoms with Crippen LogP contribution in [0.4, 0.5) is 0 Å². The lowest BCUT2D eigenvalue weighted by Gasteiger charge is -2.22. The molecular formula is C25H27N3O. The average molecular weight is 386 g/mol. The standard InChI is InChI=1S/C25H27N3O/c1-18-21-10-6-7-11-23(21)27-25(20-8-4-3-5-9-20)22(18)16-24(29)26-17-19-12-14-28(2)15-13-19/h3-12H,13-17H2,1-2H3,(H,26,29). The smallest absolute Gasteiger partial charge is 0.224 e. The van der Waals surface area contributed by atoms with Crippen molar-refractivity contribution in [2.75, 3.05) is 26.7 Å². The minimum absolute atomic E-state index is 0.0437. The number of para-hydroxylation sites is 1. The summed E-state index contributed by atoms with van der Waals surface area (Å²) in [5, 5.41) is 4.22. The fourth-order valence-corrected chi connectivity index (χ4v) is 3.88. The molecule has 2 aromatic carbocycles. The van der Waals surface area contributed by atoms with Gasteiger partial charge >= 0.3 is 0 Å². The lowest BCUT2D eigenvalue weighted by Crippen LogP contribution is -2.31. The van der Waals surface area contributed by atoms with Crippen molar-refractivity contribution in [3.05, 3.63) is 77.4 Å². The third-order valence-electron chi connectivity index (χ3n) is 5.68. The summed E-state index contributed by atoms with van der Waals surface area (Å²) in [6.45, 7) is 4.73. The third-order valence-corrected chi connectivity index (χ3v) is 5.68. The number of rotatable bonds is 5. The van der Waals surface area contributed by atoms with E-state index in [9.17, 15) is 4.79 Å². The maximum Gasteiger partial charge on any atom is 0.224 e. The number of hydrogen-bond acceptors (Lipinski definition) is 3. The number of benzene rings is 2. The highest BCUT2D eigenvalue weighted by Crippen LogP contribution is 2.30. The molecule has 0 unspecified atom stereocenters. The molecule has 4 rings (SSSR count). The Bertz CT molecular complexity index is 1060. The van der Waals surface area contributed by atoms with Crippen molar-refractivity contribution < 1.29 is 4.79 Å². The van der Waals surface area contributed by atoms with Crippen LogP contribution in [0.1, 0.15) is 17.5 Å². The SMILES string of the molecule is Cc1c(CC(=O)NCC2=CCN(C)CC2)c(-c2ccccc2)nc2ccccc12. The number of nitrogens with one attached hydrogen (secondary N) is 1. The van der Waals surface area contributed by atoms with Gasteiger partial charge in [0.2, 0.25) is 5.91 Å². The Morgan fingerprint density at radius 2 is 1.86 bits per heavy atom. The van der Waals surface area contributed by atoms with Crippen LogP contribution in [0.5, 0.6) is 0 Å². The maximum atomic E-state index is 12.8. The summed E-state index contributed by atoms with van der Waals surface area (Å²) in [7, 11) is 2.12. The molecule has 0 saturated heterocycles. The van der Waals surface area contributed by atoms with Gasteiger partial charge < -0.3 is 10.2 Å². The highest BCUT2D eigenvalue weighted by atomic mass is 16.1. The molecule has 1 aliphatic heterocycles. The monoisotopic (exact) mass is 385 g/mol. The third kappa shape index (κ3) is 4.38. The predicted molar refractivity (Wildman–Crippen MR) is 119 cm³/mol. The molecule has 0 bridgehead atoms. The minimum atomic E-state index is 0.0437. The molecule has 0 aliphatic carbocycles. The molecule has 0 saturated carbocycles. The normalized spacial score (nSPS) is 14.6. The van der Waals surface area contributed by atoms with Gasteiger partial charge in [-0.2, -0.15) is 0 Å². The van der Waals surface area contributed by atoms with Gasteiger partial charge in [-0.3, -0.25) is 4.79 Å². The second kappa shape index (κ2) is 8.58. The zero-order valence-electron chi connectivity index (χ0n) is 17.1. The van der Waals surface area contributed by atoms with E-state index in [2.05, 4.69) is 48.5 Å². The predicted octanol–water partition coefficient (Wildman–Crippen LogP) is 4.13. The van der Waals surface area contributed by atoms with Crippen LogP contribution in [0.2, 0.25) is 0 Å². The molecule has 1 aliphatic rings. The summed E-state index contributed by atoms with van der Waals surface area (Å²) in [6.07, 6.45) is 3.58. The molecule has 1 amide bonds. The first-order chi connectivity index (χ1) is 14.1. The number of hydrogen-bond donors (Lipinski definition) is 1. The number of nitrogens with zero attached hydrogens (tertiary/aromatic N) is 2. The Morgan fingerprint density at radius 1 is 1.10 bits per heavy atom. The summed E-state index contributed by atoms with van der Waals surface area (Å²) in [6, 6.07) is 18.3. The van der Waals surface area contributed by atoms with Crippen LogP contribution in [0.15, 0.2) is 66.2 Å². The summed E-state index contributed by atoms with van der Waals surface area (Å²) in [4.78, 5) is 20.0. The second-order valence-corrected chi connectivity index (χ2v) is 7.78. The van der Waals surface area contributed by atoms with Gasteiger partial charge in [-0.1, -0.05) is 60.2 Å². The number of aromatic nitrogens is 1. The fraction of sp³-hybridized carbons (Fsp3) is 0.280. The number of pyridine rings is 1. The maximum absolute atomic E-state index is 12.8. The van der Waals surface area contributed by atoms with Gasteiger partial charge in [0.05, 0.1) is 17.6 Å². The molecule has 0 fully saturated rings. The lowest BCUT2D eigenvalue weighted by atomic mass is 9.95. The molecule has 4 nitrogen and oxygen atoms in total. The summed E-state index contributed by atoms with van der Waals surface area (Å²) in [5.41, 5.74) is 6.35.